The smallest absolute Gasteiger partial charge is 0.228 e. The standard InChI is InChI=1S/C26H29F2N7/c1-15(2)35-16(3)32-25-21(27)9-18(10-23(25)35)20-11-24(29-14-22(20)28)33-26-30-12-19(13-31-26)17-5-7-34(4)8-6-17/h9-15,17H,5-8H2,1-4H3,(H,29,30,31,33). The lowest BCUT2D eigenvalue weighted by Crippen LogP contribution is -2.29. The van der Waals surface area contributed by atoms with E-state index in [2.05, 4.69) is 37.2 Å². The van der Waals surface area contributed by atoms with Crippen LogP contribution in [0.2, 0.25) is 0 Å². The third-order valence-corrected chi connectivity index (χ3v) is 6.71. The molecule has 7 nitrogen and oxygen atoms in total. The molecule has 1 N–H and O–H groups in total. The summed E-state index contributed by atoms with van der Waals surface area (Å²) in [6.07, 6.45) is 6.98. The first-order valence-electron chi connectivity index (χ1n) is 11.9. The van der Waals surface area contributed by atoms with Gasteiger partial charge >= 0.3 is 0 Å². The summed E-state index contributed by atoms with van der Waals surface area (Å²) in [5, 5.41) is 3.04. The second-order valence-electron chi connectivity index (χ2n) is 9.54. The summed E-state index contributed by atoms with van der Waals surface area (Å²) in [7, 11) is 2.13. The number of nitrogens with one attached hydrogen (secondary N) is 1. The number of piperidine rings is 1. The summed E-state index contributed by atoms with van der Waals surface area (Å²) in [4.78, 5) is 19.7. The Morgan fingerprint density at radius 1 is 0.971 bits per heavy atom. The predicted octanol–water partition coefficient (Wildman–Crippen LogP) is 5.61. The van der Waals surface area contributed by atoms with Crippen molar-refractivity contribution in [1.29, 1.82) is 0 Å². The Labute approximate surface area is 203 Å². The van der Waals surface area contributed by atoms with Crippen molar-refractivity contribution in [2.45, 2.75) is 45.6 Å². The van der Waals surface area contributed by atoms with E-state index in [4.69, 9.17) is 0 Å². The summed E-state index contributed by atoms with van der Waals surface area (Å²) in [6.45, 7) is 7.98. The summed E-state index contributed by atoms with van der Waals surface area (Å²) >= 11 is 0. The highest BCUT2D eigenvalue weighted by Crippen LogP contribution is 2.32. The maximum Gasteiger partial charge on any atom is 0.228 e. The first kappa shape index (κ1) is 23.3. The van der Waals surface area contributed by atoms with Crippen LogP contribution in [0.15, 0.2) is 36.8 Å². The summed E-state index contributed by atoms with van der Waals surface area (Å²) in [5.41, 5.74) is 2.69. The number of aryl methyl sites for hydroxylation is 1. The summed E-state index contributed by atoms with van der Waals surface area (Å²) in [6, 6.07) is 4.72. The highest BCUT2D eigenvalue weighted by molar-refractivity contribution is 5.84. The van der Waals surface area contributed by atoms with Crippen LogP contribution in [0.1, 0.15) is 50.0 Å². The van der Waals surface area contributed by atoms with E-state index in [1.807, 2.05) is 37.7 Å². The molecule has 3 aromatic heterocycles. The van der Waals surface area contributed by atoms with Gasteiger partial charge in [-0.15, -0.1) is 0 Å². The molecule has 0 unspecified atom stereocenters. The number of likely N-dealkylation sites (tertiary alicyclic amines) is 1. The van der Waals surface area contributed by atoms with E-state index in [0.717, 1.165) is 37.7 Å². The average molecular weight is 478 g/mol. The molecule has 1 aromatic carbocycles. The fourth-order valence-corrected chi connectivity index (χ4v) is 4.87. The van der Waals surface area contributed by atoms with Crippen LogP contribution in [-0.2, 0) is 0 Å². The number of aromatic nitrogens is 5. The van der Waals surface area contributed by atoms with Crippen LogP contribution in [0.25, 0.3) is 22.2 Å². The zero-order chi connectivity index (χ0) is 24.7. The van der Waals surface area contributed by atoms with Crippen LogP contribution in [0, 0.1) is 18.6 Å². The molecule has 0 saturated carbocycles. The molecule has 1 aliphatic heterocycles. The molecular weight excluding hydrogens is 448 g/mol. The number of hydrogen-bond acceptors (Lipinski definition) is 6. The van der Waals surface area contributed by atoms with E-state index < -0.39 is 11.6 Å². The number of fused-ring (bicyclic) bond motifs is 1. The van der Waals surface area contributed by atoms with Crippen LogP contribution in [0.3, 0.4) is 0 Å². The Hall–Kier alpha value is -3.46. The minimum Gasteiger partial charge on any atom is -0.326 e. The van der Waals surface area contributed by atoms with Gasteiger partial charge in [0.1, 0.15) is 23.0 Å². The van der Waals surface area contributed by atoms with Gasteiger partial charge in [-0.3, -0.25) is 0 Å². The molecule has 0 amide bonds. The number of imidazole rings is 1. The maximum absolute atomic E-state index is 14.9. The number of benzene rings is 1. The van der Waals surface area contributed by atoms with Gasteiger partial charge < -0.3 is 14.8 Å². The lowest BCUT2D eigenvalue weighted by Gasteiger charge is -2.28. The van der Waals surface area contributed by atoms with Crippen molar-refractivity contribution >= 4 is 22.8 Å². The van der Waals surface area contributed by atoms with E-state index in [0.29, 0.717) is 34.6 Å². The average Bonchev–Trinajstić information content (AvgIpc) is 3.18. The molecule has 0 aliphatic carbocycles. The Bertz CT molecular complexity index is 1360. The SMILES string of the molecule is Cc1nc2c(F)cc(-c3cc(Nc4ncc(C5CCN(C)CC5)cn4)ncc3F)cc2n1C(C)C. The number of anilines is 2. The largest absolute Gasteiger partial charge is 0.326 e. The predicted molar refractivity (Wildman–Crippen MR) is 133 cm³/mol. The first-order valence-corrected chi connectivity index (χ1v) is 11.9. The van der Waals surface area contributed by atoms with E-state index in [-0.39, 0.29) is 17.1 Å². The van der Waals surface area contributed by atoms with Crippen molar-refractivity contribution in [3.8, 4) is 11.1 Å². The third-order valence-electron chi connectivity index (χ3n) is 6.71. The van der Waals surface area contributed by atoms with Crippen LogP contribution in [-0.4, -0.2) is 49.5 Å². The van der Waals surface area contributed by atoms with Crippen LogP contribution < -0.4 is 5.32 Å². The molecule has 9 heteroatoms. The number of rotatable bonds is 5. The number of nitrogens with zero attached hydrogens (tertiary/aromatic N) is 6. The lowest BCUT2D eigenvalue weighted by atomic mass is 9.92. The van der Waals surface area contributed by atoms with Crippen LogP contribution in [0.4, 0.5) is 20.5 Å². The maximum atomic E-state index is 14.9. The minimum absolute atomic E-state index is 0.0869. The molecule has 5 rings (SSSR count). The van der Waals surface area contributed by atoms with Gasteiger partial charge in [0.2, 0.25) is 5.95 Å². The van der Waals surface area contributed by atoms with Gasteiger partial charge in [-0.25, -0.2) is 28.7 Å². The van der Waals surface area contributed by atoms with E-state index >= 15 is 0 Å². The zero-order valence-corrected chi connectivity index (χ0v) is 20.4. The van der Waals surface area contributed by atoms with Gasteiger partial charge in [-0.1, -0.05) is 0 Å². The Morgan fingerprint density at radius 3 is 2.37 bits per heavy atom. The van der Waals surface area contributed by atoms with E-state index in [1.165, 1.54) is 6.07 Å². The normalized spacial score (nSPS) is 15.3. The number of pyridine rings is 1. The molecule has 4 aromatic rings. The fourth-order valence-electron chi connectivity index (χ4n) is 4.87. The van der Waals surface area contributed by atoms with Crippen LogP contribution >= 0.6 is 0 Å². The zero-order valence-electron chi connectivity index (χ0n) is 20.4. The van der Waals surface area contributed by atoms with Crippen molar-refractivity contribution in [2.24, 2.45) is 0 Å². The Balaban J connectivity index is 1.42. The monoisotopic (exact) mass is 477 g/mol. The van der Waals surface area contributed by atoms with Gasteiger partial charge in [0, 0.05) is 24.0 Å². The summed E-state index contributed by atoms with van der Waals surface area (Å²) in [5.74, 6) is 0.899. The van der Waals surface area contributed by atoms with Gasteiger partial charge in [0.25, 0.3) is 0 Å². The molecule has 1 saturated heterocycles. The van der Waals surface area contributed by atoms with Crippen LogP contribution in [0.5, 0.6) is 0 Å². The fraction of sp³-hybridized carbons (Fsp3) is 0.385. The molecule has 0 radical (unpaired) electrons. The number of hydrogen-bond donors (Lipinski definition) is 1. The van der Waals surface area contributed by atoms with Gasteiger partial charge in [-0.05, 0) is 89.0 Å². The lowest BCUT2D eigenvalue weighted by molar-refractivity contribution is 0.255. The molecule has 35 heavy (non-hydrogen) atoms. The Morgan fingerprint density at radius 2 is 1.69 bits per heavy atom. The molecule has 0 bridgehead atoms. The third kappa shape index (κ3) is 4.60. The van der Waals surface area contributed by atoms with Crippen molar-refractivity contribution in [1.82, 2.24) is 29.4 Å². The van der Waals surface area contributed by atoms with E-state index in [1.54, 1.807) is 12.1 Å². The van der Waals surface area contributed by atoms with Gasteiger partial charge in [-0.2, -0.15) is 0 Å². The van der Waals surface area contributed by atoms with Crippen molar-refractivity contribution < 1.29 is 8.78 Å². The van der Waals surface area contributed by atoms with Crippen molar-refractivity contribution in [2.75, 3.05) is 25.5 Å². The molecular formula is C26H29F2N7. The molecule has 1 fully saturated rings. The minimum atomic E-state index is -0.542. The second-order valence-corrected chi connectivity index (χ2v) is 9.54. The highest BCUT2D eigenvalue weighted by Gasteiger charge is 2.20. The van der Waals surface area contributed by atoms with Gasteiger partial charge in [0.05, 0.1) is 11.7 Å². The van der Waals surface area contributed by atoms with E-state index in [9.17, 15) is 8.78 Å². The molecule has 0 atom stereocenters. The second kappa shape index (κ2) is 9.30. The van der Waals surface area contributed by atoms with Gasteiger partial charge in [0.15, 0.2) is 5.82 Å². The molecule has 1 aliphatic rings. The first-order chi connectivity index (χ1) is 16.8. The Kier molecular flexibility index (Phi) is 6.19. The summed E-state index contributed by atoms with van der Waals surface area (Å²) < 4.78 is 31.7. The quantitative estimate of drug-likeness (QED) is 0.403. The van der Waals surface area contributed by atoms with Crippen molar-refractivity contribution in [3.63, 3.8) is 0 Å². The molecule has 182 valence electrons. The number of halogens is 2. The molecule has 4 heterocycles. The molecule has 0 spiro atoms. The van der Waals surface area contributed by atoms with Crippen molar-refractivity contribution in [3.05, 3.63) is 59.8 Å². The highest BCUT2D eigenvalue weighted by atomic mass is 19.1. The topological polar surface area (TPSA) is 71.8 Å².